The Bertz CT molecular complexity index is 1640. The molecule has 40 heavy (non-hydrogen) atoms. The third-order valence-corrected chi connectivity index (χ3v) is 6.19. The number of aryl methyl sites for hydroxylation is 2. The summed E-state index contributed by atoms with van der Waals surface area (Å²) in [7, 11) is 1.48. The van der Waals surface area contributed by atoms with Gasteiger partial charge in [-0.3, -0.25) is 5.32 Å². The van der Waals surface area contributed by atoms with Crippen LogP contribution in [0.1, 0.15) is 34.8 Å². The second kappa shape index (κ2) is 11.1. The van der Waals surface area contributed by atoms with Crippen molar-refractivity contribution in [2.24, 2.45) is 7.05 Å². The van der Waals surface area contributed by atoms with E-state index in [9.17, 15) is 14.7 Å². The molecule has 11 nitrogen and oxygen atoms in total. The zero-order valence-corrected chi connectivity index (χ0v) is 21.9. The molecule has 0 spiro atoms. The highest BCUT2D eigenvalue weighted by molar-refractivity contribution is 5.91. The fourth-order valence-electron chi connectivity index (χ4n) is 4.08. The quantitative estimate of drug-likeness (QED) is 0.234. The molecule has 1 atom stereocenters. The summed E-state index contributed by atoms with van der Waals surface area (Å²) in [5.41, 5.74) is 4.24. The lowest BCUT2D eigenvalue weighted by atomic mass is 10.0. The number of ether oxygens (including phenoxy) is 2. The van der Waals surface area contributed by atoms with Crippen LogP contribution in [0.2, 0.25) is 0 Å². The number of carbonyl (C=O) groups is 2. The van der Waals surface area contributed by atoms with Crippen LogP contribution in [0.5, 0.6) is 11.6 Å². The van der Waals surface area contributed by atoms with Crippen LogP contribution in [0.3, 0.4) is 0 Å². The first-order valence-corrected chi connectivity index (χ1v) is 12.3. The molecule has 5 rings (SSSR count). The molecule has 0 aliphatic rings. The first kappa shape index (κ1) is 26.2. The molecule has 1 amide bonds. The number of amides is 1. The smallest absolute Gasteiger partial charge is 0.412 e. The van der Waals surface area contributed by atoms with E-state index >= 15 is 0 Å². The third-order valence-electron chi connectivity index (χ3n) is 6.19. The fourth-order valence-corrected chi connectivity index (χ4v) is 4.08. The topological polar surface area (TPSA) is 142 Å². The molecule has 0 aliphatic carbocycles. The summed E-state index contributed by atoms with van der Waals surface area (Å²) < 4.78 is 17.8. The van der Waals surface area contributed by atoms with E-state index in [2.05, 4.69) is 20.8 Å². The summed E-state index contributed by atoms with van der Waals surface area (Å²) in [6.45, 7) is 3.54. The molecule has 0 saturated heterocycles. The number of anilines is 1. The monoisotopic (exact) mass is 539 g/mol. The Morgan fingerprint density at radius 1 is 0.950 bits per heavy atom. The molecule has 2 heterocycles. The Morgan fingerprint density at radius 2 is 1.57 bits per heavy atom. The molecular weight excluding hydrogens is 514 g/mol. The van der Waals surface area contributed by atoms with Crippen molar-refractivity contribution in [3.05, 3.63) is 95.8 Å². The first-order chi connectivity index (χ1) is 19.3. The maximum Gasteiger partial charge on any atom is 0.412 e. The average molecular weight is 540 g/mol. The van der Waals surface area contributed by atoms with Gasteiger partial charge in [0.05, 0.1) is 0 Å². The largest absolute Gasteiger partial charge is 0.476 e. The second-order valence-corrected chi connectivity index (χ2v) is 8.93. The average Bonchev–Trinajstić information content (AvgIpc) is 3.51. The van der Waals surface area contributed by atoms with Gasteiger partial charge in [-0.15, -0.1) is 0 Å². The van der Waals surface area contributed by atoms with Crippen molar-refractivity contribution in [2.75, 3.05) is 5.32 Å². The van der Waals surface area contributed by atoms with Crippen LogP contribution < -0.4 is 10.1 Å². The number of hydrogen-bond acceptors (Lipinski definition) is 8. The van der Waals surface area contributed by atoms with Crippen molar-refractivity contribution in [3.63, 3.8) is 0 Å². The molecular formula is C29H25N5O6. The lowest BCUT2D eigenvalue weighted by Crippen LogP contribution is -2.16. The van der Waals surface area contributed by atoms with Crippen molar-refractivity contribution in [1.29, 1.82) is 0 Å². The highest BCUT2D eigenvalue weighted by Crippen LogP contribution is 2.33. The number of nitrogens with zero attached hydrogens (tertiary/aromatic N) is 4. The number of aromatic carboxylic acids is 1. The molecule has 0 saturated carbocycles. The molecule has 0 radical (unpaired) electrons. The van der Waals surface area contributed by atoms with Crippen LogP contribution >= 0.6 is 0 Å². The van der Waals surface area contributed by atoms with Crippen LogP contribution in [-0.4, -0.2) is 37.3 Å². The van der Waals surface area contributed by atoms with E-state index in [1.54, 1.807) is 26.0 Å². The molecule has 3 aromatic carbocycles. The van der Waals surface area contributed by atoms with Gasteiger partial charge in [0.15, 0.2) is 5.76 Å². The predicted octanol–water partition coefficient (Wildman–Crippen LogP) is 6.25. The normalized spacial score (nSPS) is 11.6. The number of hydrogen-bond donors (Lipinski definition) is 2. The third kappa shape index (κ3) is 5.53. The fraction of sp³-hybridized carbons (Fsp3) is 0.138. The molecule has 2 aromatic heterocycles. The van der Waals surface area contributed by atoms with Crippen molar-refractivity contribution in [1.82, 2.24) is 20.2 Å². The van der Waals surface area contributed by atoms with Gasteiger partial charge in [-0.05, 0) is 42.7 Å². The molecule has 5 aromatic rings. The van der Waals surface area contributed by atoms with Crippen LogP contribution in [0, 0.1) is 6.92 Å². The van der Waals surface area contributed by atoms with Gasteiger partial charge < -0.3 is 19.1 Å². The summed E-state index contributed by atoms with van der Waals surface area (Å²) in [6, 6.07) is 24.1. The van der Waals surface area contributed by atoms with Gasteiger partial charge in [-0.1, -0.05) is 82.2 Å². The zero-order valence-electron chi connectivity index (χ0n) is 21.9. The Balaban J connectivity index is 1.28. The van der Waals surface area contributed by atoms with Crippen LogP contribution in [0.4, 0.5) is 10.5 Å². The summed E-state index contributed by atoms with van der Waals surface area (Å²) >= 11 is 0. The van der Waals surface area contributed by atoms with Gasteiger partial charge in [0, 0.05) is 12.6 Å². The van der Waals surface area contributed by atoms with E-state index in [4.69, 9.17) is 14.0 Å². The molecule has 11 heteroatoms. The Labute approximate surface area is 229 Å². The zero-order chi connectivity index (χ0) is 28.2. The Hall–Kier alpha value is -5.45. The number of benzene rings is 3. The number of aromatic nitrogens is 4. The summed E-state index contributed by atoms with van der Waals surface area (Å²) in [6.07, 6.45) is -1.04. The maximum atomic E-state index is 12.6. The summed E-state index contributed by atoms with van der Waals surface area (Å²) in [4.78, 5) is 24.0. The van der Waals surface area contributed by atoms with Crippen molar-refractivity contribution in [2.45, 2.75) is 20.0 Å². The number of nitrogens with one attached hydrogen (secondary N) is 1. The predicted molar refractivity (Wildman–Crippen MR) is 145 cm³/mol. The van der Waals surface area contributed by atoms with E-state index in [1.807, 2.05) is 66.7 Å². The Kier molecular flexibility index (Phi) is 7.27. The summed E-state index contributed by atoms with van der Waals surface area (Å²) in [5, 5.41) is 23.6. The number of carboxylic acids is 1. The van der Waals surface area contributed by atoms with E-state index in [1.165, 1.54) is 7.05 Å². The molecule has 0 bridgehead atoms. The van der Waals surface area contributed by atoms with Gasteiger partial charge in [0.1, 0.15) is 23.2 Å². The van der Waals surface area contributed by atoms with E-state index in [0.29, 0.717) is 22.9 Å². The minimum atomic E-state index is -1.18. The van der Waals surface area contributed by atoms with Gasteiger partial charge >= 0.3 is 12.1 Å². The highest BCUT2D eigenvalue weighted by atomic mass is 16.6. The number of rotatable bonds is 8. The SMILES string of the molecule is Cc1noc(-c2ccc(-c3ccc(Oc4nnn(C)c4C(=O)O)cc3)cc2)c1NC(=O)O[C@H](C)c1ccccc1. The van der Waals surface area contributed by atoms with Crippen molar-refractivity contribution >= 4 is 17.7 Å². The van der Waals surface area contributed by atoms with Crippen molar-refractivity contribution < 1.29 is 28.7 Å². The maximum absolute atomic E-state index is 12.6. The molecule has 0 fully saturated rings. The van der Waals surface area contributed by atoms with Crippen LogP contribution in [0.15, 0.2) is 83.4 Å². The van der Waals surface area contributed by atoms with E-state index in [0.717, 1.165) is 26.9 Å². The Morgan fingerprint density at radius 3 is 2.23 bits per heavy atom. The number of carbonyl (C=O) groups excluding carboxylic acids is 1. The highest BCUT2D eigenvalue weighted by Gasteiger charge is 2.21. The minimum Gasteiger partial charge on any atom is -0.476 e. The molecule has 0 aliphatic heterocycles. The lowest BCUT2D eigenvalue weighted by molar-refractivity contribution is 0.0682. The van der Waals surface area contributed by atoms with Gasteiger partial charge in [0.2, 0.25) is 5.69 Å². The molecule has 0 unspecified atom stereocenters. The lowest BCUT2D eigenvalue weighted by Gasteiger charge is -2.14. The standard InChI is InChI=1S/C29H25N5O6/c1-17-24(30-29(37)38-18(2)19-7-5-4-6-8-19)26(40-32-17)22-11-9-20(10-12-22)21-13-15-23(16-14-21)39-27-25(28(35)36)34(3)33-31-27/h4-16,18H,1-3H3,(H,30,37)(H,35,36)/t18-/m1/s1. The summed E-state index contributed by atoms with van der Waals surface area (Å²) in [5.74, 6) is -0.435. The van der Waals surface area contributed by atoms with Crippen molar-refractivity contribution in [3.8, 4) is 34.1 Å². The van der Waals surface area contributed by atoms with Crippen LogP contribution in [-0.2, 0) is 11.8 Å². The van der Waals surface area contributed by atoms with Gasteiger partial charge in [0.25, 0.3) is 5.88 Å². The van der Waals surface area contributed by atoms with Crippen LogP contribution in [0.25, 0.3) is 22.5 Å². The van der Waals surface area contributed by atoms with Gasteiger partial charge in [-0.2, -0.15) is 0 Å². The number of carboxylic acid groups (broad SMARTS) is 1. The first-order valence-electron chi connectivity index (χ1n) is 12.3. The van der Waals surface area contributed by atoms with Gasteiger partial charge in [-0.25, -0.2) is 14.3 Å². The molecule has 2 N–H and O–H groups in total. The molecule has 202 valence electrons. The van der Waals surface area contributed by atoms with E-state index < -0.39 is 18.2 Å². The van der Waals surface area contributed by atoms with E-state index in [-0.39, 0.29) is 11.6 Å². The second-order valence-electron chi connectivity index (χ2n) is 8.93. The minimum absolute atomic E-state index is 0.0859.